The minimum absolute atomic E-state index is 0.0524. The molecular formula is C17H16BrN3O4S2. The van der Waals surface area contributed by atoms with Crippen molar-refractivity contribution in [1.82, 2.24) is 14.5 Å². The predicted molar refractivity (Wildman–Crippen MR) is 108 cm³/mol. The molecule has 0 aliphatic carbocycles. The molecule has 0 spiro atoms. The van der Waals surface area contributed by atoms with E-state index in [-0.39, 0.29) is 22.9 Å². The number of rotatable bonds is 7. The number of thiophene rings is 1. The van der Waals surface area contributed by atoms with Crippen LogP contribution in [0.2, 0.25) is 0 Å². The molecular weight excluding hydrogens is 454 g/mol. The van der Waals surface area contributed by atoms with Crippen LogP contribution in [0.3, 0.4) is 0 Å². The van der Waals surface area contributed by atoms with Gasteiger partial charge in [-0.15, -0.1) is 11.3 Å². The summed E-state index contributed by atoms with van der Waals surface area (Å²) in [6.07, 6.45) is 0. The number of ether oxygens (including phenoxy) is 1. The average molecular weight is 470 g/mol. The molecule has 0 aliphatic rings. The molecule has 3 rings (SSSR count). The van der Waals surface area contributed by atoms with E-state index in [9.17, 15) is 13.2 Å². The Hall–Kier alpha value is -2.01. The van der Waals surface area contributed by atoms with Gasteiger partial charge in [0.15, 0.2) is 0 Å². The number of halogens is 1. The van der Waals surface area contributed by atoms with Crippen molar-refractivity contribution in [3.8, 4) is 17.0 Å². The quantitative estimate of drug-likeness (QED) is 0.574. The van der Waals surface area contributed by atoms with Crippen molar-refractivity contribution in [2.24, 2.45) is 0 Å². The number of hydrogen-bond acceptors (Lipinski definition) is 6. The Labute approximate surface area is 168 Å². The van der Waals surface area contributed by atoms with E-state index >= 15 is 0 Å². The maximum atomic E-state index is 12.2. The average Bonchev–Trinajstić information content (AvgIpc) is 3.11. The molecule has 2 aromatic heterocycles. The topological polar surface area (TPSA) is 90.3 Å². The lowest BCUT2D eigenvalue weighted by Crippen LogP contribution is -2.31. The molecule has 3 aromatic rings. The molecule has 0 fully saturated rings. The summed E-state index contributed by atoms with van der Waals surface area (Å²) in [6, 6.07) is 13.5. The van der Waals surface area contributed by atoms with Crippen LogP contribution >= 0.6 is 27.3 Å². The number of aromatic nitrogens is 2. The number of nitrogens with one attached hydrogen (secondary N) is 1. The zero-order valence-corrected chi connectivity index (χ0v) is 17.5. The molecule has 10 heteroatoms. The number of sulfonamides is 1. The first kappa shape index (κ1) is 19.7. The third-order valence-corrected chi connectivity index (χ3v) is 7.26. The maximum Gasteiger partial charge on any atom is 0.266 e. The van der Waals surface area contributed by atoms with Gasteiger partial charge in [0, 0.05) is 18.2 Å². The fourth-order valence-electron chi connectivity index (χ4n) is 2.32. The summed E-state index contributed by atoms with van der Waals surface area (Å²) in [7, 11) is -2.02. The minimum atomic E-state index is -3.61. The molecule has 0 saturated heterocycles. The molecule has 0 aliphatic heterocycles. The van der Waals surface area contributed by atoms with Crippen molar-refractivity contribution in [2.75, 3.05) is 13.7 Å². The third-order valence-electron chi connectivity index (χ3n) is 3.68. The zero-order chi connectivity index (χ0) is 19.4. The molecule has 27 heavy (non-hydrogen) atoms. The van der Waals surface area contributed by atoms with Crippen LogP contribution in [0.25, 0.3) is 11.3 Å². The van der Waals surface area contributed by atoms with E-state index in [1.54, 1.807) is 31.4 Å². The fourth-order valence-corrected chi connectivity index (χ4v) is 5.40. The van der Waals surface area contributed by atoms with Crippen molar-refractivity contribution >= 4 is 37.3 Å². The maximum absolute atomic E-state index is 12.2. The van der Waals surface area contributed by atoms with Gasteiger partial charge in [0.25, 0.3) is 5.56 Å². The van der Waals surface area contributed by atoms with Crippen molar-refractivity contribution in [1.29, 1.82) is 0 Å². The van der Waals surface area contributed by atoms with Gasteiger partial charge in [-0.2, -0.15) is 5.10 Å². The van der Waals surface area contributed by atoms with Crippen LogP contribution in [0, 0.1) is 0 Å². The van der Waals surface area contributed by atoms with Crippen LogP contribution in [0.1, 0.15) is 0 Å². The van der Waals surface area contributed by atoms with Crippen LogP contribution in [0.4, 0.5) is 0 Å². The van der Waals surface area contributed by atoms with Crippen LogP contribution in [-0.4, -0.2) is 31.9 Å². The van der Waals surface area contributed by atoms with Gasteiger partial charge in [-0.1, -0.05) is 0 Å². The Kier molecular flexibility index (Phi) is 6.10. The molecule has 142 valence electrons. The number of benzene rings is 1. The minimum Gasteiger partial charge on any atom is -0.497 e. The Balaban J connectivity index is 1.72. The Morgan fingerprint density at radius 1 is 1.15 bits per heavy atom. The molecule has 0 unspecified atom stereocenters. The highest BCUT2D eigenvalue weighted by molar-refractivity contribution is 9.11. The van der Waals surface area contributed by atoms with Gasteiger partial charge in [-0.25, -0.2) is 17.8 Å². The van der Waals surface area contributed by atoms with Gasteiger partial charge in [-0.05, 0) is 58.4 Å². The smallest absolute Gasteiger partial charge is 0.266 e. The summed E-state index contributed by atoms with van der Waals surface area (Å²) in [4.78, 5) is 12.0. The van der Waals surface area contributed by atoms with E-state index < -0.39 is 10.0 Å². The standard InChI is InChI=1S/C17H16BrN3O4S2/c1-25-13-4-2-12(3-5-13)14-6-8-16(22)21(20-14)11-10-19-27(23,24)17-9-7-15(18)26-17/h2-9,19H,10-11H2,1H3. The molecule has 1 aromatic carbocycles. The Morgan fingerprint density at radius 2 is 1.89 bits per heavy atom. The first-order valence-electron chi connectivity index (χ1n) is 7.87. The summed E-state index contributed by atoms with van der Waals surface area (Å²) in [6.45, 7) is 0.172. The lowest BCUT2D eigenvalue weighted by Gasteiger charge is -2.09. The second kappa shape index (κ2) is 8.34. The van der Waals surface area contributed by atoms with E-state index in [2.05, 4.69) is 25.8 Å². The van der Waals surface area contributed by atoms with Gasteiger partial charge < -0.3 is 4.74 Å². The zero-order valence-electron chi connectivity index (χ0n) is 14.3. The molecule has 7 nitrogen and oxygen atoms in total. The summed E-state index contributed by atoms with van der Waals surface area (Å²) in [5.41, 5.74) is 1.14. The van der Waals surface area contributed by atoms with Gasteiger partial charge in [0.1, 0.15) is 9.96 Å². The molecule has 0 saturated carbocycles. The van der Waals surface area contributed by atoms with Gasteiger partial charge in [0.05, 0.1) is 23.1 Å². The largest absolute Gasteiger partial charge is 0.497 e. The second-order valence-electron chi connectivity index (χ2n) is 5.46. The SMILES string of the molecule is COc1ccc(-c2ccc(=O)n(CCNS(=O)(=O)c3ccc(Br)s3)n2)cc1. The van der Waals surface area contributed by atoms with Crippen LogP contribution in [0.5, 0.6) is 5.75 Å². The fraction of sp³-hybridized carbons (Fsp3) is 0.176. The van der Waals surface area contributed by atoms with Crippen LogP contribution < -0.4 is 15.0 Å². The van der Waals surface area contributed by atoms with Crippen molar-refractivity contribution < 1.29 is 13.2 Å². The van der Waals surface area contributed by atoms with Gasteiger partial charge >= 0.3 is 0 Å². The summed E-state index contributed by atoms with van der Waals surface area (Å²) < 4.78 is 34.3. The third kappa shape index (κ3) is 4.83. The molecule has 0 amide bonds. The second-order valence-corrected chi connectivity index (χ2v) is 9.92. The molecule has 1 N–H and O–H groups in total. The molecule has 2 heterocycles. The normalized spacial score (nSPS) is 11.5. The number of methoxy groups -OCH3 is 1. The van der Waals surface area contributed by atoms with E-state index in [4.69, 9.17) is 4.74 Å². The molecule has 0 atom stereocenters. The summed E-state index contributed by atoms with van der Waals surface area (Å²) in [5.74, 6) is 0.724. The highest BCUT2D eigenvalue weighted by atomic mass is 79.9. The lowest BCUT2D eigenvalue weighted by molar-refractivity contribution is 0.415. The first-order chi connectivity index (χ1) is 12.9. The van der Waals surface area contributed by atoms with Crippen LogP contribution in [-0.2, 0) is 16.6 Å². The van der Waals surface area contributed by atoms with Crippen molar-refractivity contribution in [3.63, 3.8) is 0 Å². The highest BCUT2D eigenvalue weighted by Gasteiger charge is 2.16. The number of nitrogens with zero attached hydrogens (tertiary/aromatic N) is 2. The summed E-state index contributed by atoms with van der Waals surface area (Å²) in [5, 5.41) is 4.32. The Bertz CT molecular complexity index is 1090. The Morgan fingerprint density at radius 3 is 2.52 bits per heavy atom. The van der Waals surface area contributed by atoms with Crippen LogP contribution in [0.15, 0.2) is 61.3 Å². The first-order valence-corrected chi connectivity index (χ1v) is 11.0. The van der Waals surface area contributed by atoms with Gasteiger partial charge in [0.2, 0.25) is 10.0 Å². The molecule has 0 radical (unpaired) electrons. The van der Waals surface area contributed by atoms with E-state index in [1.165, 1.54) is 16.8 Å². The monoisotopic (exact) mass is 469 g/mol. The van der Waals surface area contributed by atoms with E-state index in [1.807, 2.05) is 12.1 Å². The lowest BCUT2D eigenvalue weighted by atomic mass is 10.1. The predicted octanol–water partition coefficient (Wildman–Crippen LogP) is 2.72. The van der Waals surface area contributed by atoms with E-state index in [0.717, 1.165) is 26.4 Å². The van der Waals surface area contributed by atoms with Gasteiger partial charge in [-0.3, -0.25) is 4.79 Å². The van der Waals surface area contributed by atoms with Crippen molar-refractivity contribution in [3.05, 3.63) is 62.7 Å². The van der Waals surface area contributed by atoms with Crippen molar-refractivity contribution in [2.45, 2.75) is 10.8 Å². The summed E-state index contributed by atoms with van der Waals surface area (Å²) >= 11 is 4.36. The number of hydrogen-bond donors (Lipinski definition) is 1. The molecule has 0 bridgehead atoms. The highest BCUT2D eigenvalue weighted by Crippen LogP contribution is 2.25. The van der Waals surface area contributed by atoms with E-state index in [0.29, 0.717) is 5.69 Å².